The summed E-state index contributed by atoms with van der Waals surface area (Å²) in [4.78, 5) is 36.5. The highest BCUT2D eigenvalue weighted by Gasteiger charge is 2.36. The molecule has 1 aliphatic heterocycles. The van der Waals surface area contributed by atoms with Gasteiger partial charge >= 0.3 is 0 Å². The minimum atomic E-state index is -0.241. The van der Waals surface area contributed by atoms with Gasteiger partial charge in [0.2, 0.25) is 11.8 Å². The van der Waals surface area contributed by atoms with Gasteiger partial charge in [-0.2, -0.15) is 0 Å². The lowest BCUT2D eigenvalue weighted by molar-refractivity contribution is -0.133. The molecule has 4 aromatic rings. The molecule has 3 heterocycles. The van der Waals surface area contributed by atoms with E-state index in [1.807, 2.05) is 60.5 Å². The second-order valence-electron chi connectivity index (χ2n) is 10.7. The molecule has 39 heavy (non-hydrogen) atoms. The third-order valence-electron chi connectivity index (χ3n) is 7.98. The first-order chi connectivity index (χ1) is 19.0. The number of hydrogen-bond acceptors (Lipinski definition) is 6. The SMILES string of the molecule is CN(C(=O)C1CCCc2sc(NC(=O)CCc3ccccc3)nc21)C1CCN(Cc2cc3ccccc3o2)C1. The molecule has 2 atom stereocenters. The van der Waals surface area contributed by atoms with Gasteiger partial charge in [-0.05, 0) is 49.8 Å². The molecule has 6 rings (SSSR count). The molecule has 1 aliphatic carbocycles. The van der Waals surface area contributed by atoms with Crippen LogP contribution in [-0.2, 0) is 29.0 Å². The van der Waals surface area contributed by atoms with Crippen LogP contribution in [0.25, 0.3) is 11.0 Å². The van der Waals surface area contributed by atoms with Crippen molar-refractivity contribution in [1.82, 2.24) is 14.8 Å². The number of carbonyl (C=O) groups is 2. The molecule has 0 radical (unpaired) electrons. The molecule has 1 saturated heterocycles. The Labute approximate surface area is 232 Å². The summed E-state index contributed by atoms with van der Waals surface area (Å²) in [5.41, 5.74) is 2.92. The number of aromatic nitrogens is 1. The fourth-order valence-electron chi connectivity index (χ4n) is 5.83. The molecular formula is C31H34N4O3S. The van der Waals surface area contributed by atoms with E-state index in [9.17, 15) is 9.59 Å². The summed E-state index contributed by atoms with van der Waals surface area (Å²) < 4.78 is 6.02. The number of benzene rings is 2. The van der Waals surface area contributed by atoms with Crippen molar-refractivity contribution in [2.45, 2.75) is 57.0 Å². The predicted octanol–water partition coefficient (Wildman–Crippen LogP) is 5.61. The van der Waals surface area contributed by atoms with Crippen molar-refractivity contribution < 1.29 is 14.0 Å². The van der Waals surface area contributed by atoms with Gasteiger partial charge in [-0.25, -0.2) is 4.98 Å². The number of thiazole rings is 1. The number of carbonyl (C=O) groups excluding carboxylic acids is 2. The number of hydrogen-bond donors (Lipinski definition) is 1. The molecule has 0 saturated carbocycles. The first-order valence-electron chi connectivity index (χ1n) is 13.8. The fraction of sp³-hybridized carbons (Fsp3) is 0.387. The van der Waals surface area contributed by atoms with Gasteiger partial charge in [0.25, 0.3) is 0 Å². The van der Waals surface area contributed by atoms with Gasteiger partial charge in [-0.15, -0.1) is 11.3 Å². The van der Waals surface area contributed by atoms with E-state index in [4.69, 9.17) is 9.40 Å². The summed E-state index contributed by atoms with van der Waals surface area (Å²) in [6.45, 7) is 2.52. The van der Waals surface area contributed by atoms with Crippen LogP contribution in [0.3, 0.4) is 0 Å². The molecule has 2 amide bonds. The Morgan fingerprint density at radius 3 is 2.79 bits per heavy atom. The number of anilines is 1. The number of likely N-dealkylation sites (tertiary alicyclic amines) is 1. The molecule has 0 bridgehead atoms. The number of nitrogens with zero attached hydrogens (tertiary/aromatic N) is 3. The second-order valence-corrected chi connectivity index (χ2v) is 11.8. The molecule has 8 heteroatoms. The third kappa shape index (κ3) is 5.77. The summed E-state index contributed by atoms with van der Waals surface area (Å²) in [5, 5.41) is 4.71. The molecular weight excluding hydrogens is 508 g/mol. The lowest BCUT2D eigenvalue weighted by atomic mass is 9.89. The Kier molecular flexibility index (Phi) is 7.48. The normalized spacial score (nSPS) is 19.2. The summed E-state index contributed by atoms with van der Waals surface area (Å²) in [5.74, 6) is 0.817. The van der Waals surface area contributed by atoms with Crippen LogP contribution in [0.15, 0.2) is 65.1 Å². The van der Waals surface area contributed by atoms with Gasteiger partial charge in [0, 0.05) is 42.9 Å². The van der Waals surface area contributed by atoms with Crippen molar-refractivity contribution >= 4 is 39.3 Å². The molecule has 2 aromatic carbocycles. The van der Waals surface area contributed by atoms with Gasteiger partial charge in [0.1, 0.15) is 11.3 Å². The van der Waals surface area contributed by atoms with E-state index < -0.39 is 0 Å². The zero-order valence-corrected chi connectivity index (χ0v) is 23.1. The highest BCUT2D eigenvalue weighted by Crippen LogP contribution is 2.38. The molecule has 202 valence electrons. The molecule has 0 spiro atoms. The lowest BCUT2D eigenvalue weighted by Crippen LogP contribution is -2.42. The molecule has 2 aromatic heterocycles. The quantitative estimate of drug-likeness (QED) is 0.313. The number of fused-ring (bicyclic) bond motifs is 2. The lowest BCUT2D eigenvalue weighted by Gasteiger charge is -2.30. The van der Waals surface area contributed by atoms with Crippen LogP contribution < -0.4 is 5.32 Å². The number of likely N-dealkylation sites (N-methyl/N-ethyl adjacent to an activating group) is 1. The standard InChI is InChI=1S/C31H34N4O3S/c1-34(23-16-17-35(19-23)20-24-18-22-10-5-6-12-26(22)38-24)30(37)25-11-7-13-27-29(25)33-31(39-27)32-28(36)15-14-21-8-3-2-4-9-21/h2-6,8-10,12,18,23,25H,7,11,13-17,19-20H2,1H3,(H,32,33,36). The maximum absolute atomic E-state index is 13.7. The van der Waals surface area contributed by atoms with Crippen molar-refractivity contribution in [1.29, 1.82) is 0 Å². The molecule has 1 fully saturated rings. The van der Waals surface area contributed by atoms with Crippen LogP contribution in [0.2, 0.25) is 0 Å². The Morgan fingerprint density at radius 1 is 1.13 bits per heavy atom. The maximum atomic E-state index is 13.7. The minimum absolute atomic E-state index is 0.0413. The monoisotopic (exact) mass is 542 g/mol. The highest BCUT2D eigenvalue weighted by atomic mass is 32.1. The fourth-order valence-corrected chi connectivity index (χ4v) is 6.91. The van der Waals surface area contributed by atoms with Crippen molar-refractivity contribution in [2.24, 2.45) is 0 Å². The van der Waals surface area contributed by atoms with E-state index in [2.05, 4.69) is 22.3 Å². The Balaban J connectivity index is 1.06. The first kappa shape index (κ1) is 25.8. The topological polar surface area (TPSA) is 78.7 Å². The van der Waals surface area contributed by atoms with E-state index in [0.717, 1.165) is 78.2 Å². The van der Waals surface area contributed by atoms with E-state index in [1.165, 1.54) is 11.3 Å². The van der Waals surface area contributed by atoms with Crippen LogP contribution in [-0.4, -0.2) is 52.8 Å². The molecule has 2 aliphatic rings. The maximum Gasteiger partial charge on any atom is 0.231 e. The summed E-state index contributed by atoms with van der Waals surface area (Å²) in [6, 6.07) is 20.4. The van der Waals surface area contributed by atoms with Crippen LogP contribution in [0.1, 0.15) is 53.5 Å². The Hall–Kier alpha value is -3.49. The zero-order valence-electron chi connectivity index (χ0n) is 22.3. The summed E-state index contributed by atoms with van der Waals surface area (Å²) in [7, 11) is 1.94. The number of rotatable bonds is 8. The molecule has 2 unspecified atom stereocenters. The average molecular weight is 543 g/mol. The van der Waals surface area contributed by atoms with Crippen molar-refractivity contribution in [2.75, 3.05) is 25.5 Å². The number of aryl methyl sites for hydroxylation is 2. The Bertz CT molecular complexity index is 1430. The first-order valence-corrected chi connectivity index (χ1v) is 14.6. The number of amides is 2. The van der Waals surface area contributed by atoms with Crippen LogP contribution in [0.5, 0.6) is 0 Å². The number of furan rings is 1. The van der Waals surface area contributed by atoms with Gasteiger partial charge in [-0.3, -0.25) is 14.5 Å². The van der Waals surface area contributed by atoms with E-state index in [0.29, 0.717) is 18.0 Å². The van der Waals surface area contributed by atoms with Gasteiger partial charge < -0.3 is 14.6 Å². The largest absolute Gasteiger partial charge is 0.460 e. The van der Waals surface area contributed by atoms with Crippen LogP contribution >= 0.6 is 11.3 Å². The number of nitrogens with one attached hydrogen (secondary N) is 1. The minimum Gasteiger partial charge on any atom is -0.460 e. The average Bonchev–Trinajstić information content (AvgIpc) is 3.69. The smallest absolute Gasteiger partial charge is 0.231 e. The van der Waals surface area contributed by atoms with Crippen LogP contribution in [0, 0.1) is 0 Å². The summed E-state index contributed by atoms with van der Waals surface area (Å²) in [6.07, 6.45) is 4.72. The van der Waals surface area contributed by atoms with Crippen molar-refractivity contribution in [3.05, 3.63) is 82.6 Å². The van der Waals surface area contributed by atoms with E-state index in [-0.39, 0.29) is 23.8 Å². The zero-order chi connectivity index (χ0) is 26.8. The third-order valence-corrected chi connectivity index (χ3v) is 9.03. The van der Waals surface area contributed by atoms with Crippen LogP contribution in [0.4, 0.5) is 5.13 Å². The van der Waals surface area contributed by atoms with Gasteiger partial charge in [-0.1, -0.05) is 48.5 Å². The number of para-hydroxylation sites is 1. The molecule has 1 N–H and O–H groups in total. The predicted molar refractivity (Wildman–Crippen MR) is 154 cm³/mol. The summed E-state index contributed by atoms with van der Waals surface area (Å²) >= 11 is 1.52. The second kappa shape index (κ2) is 11.3. The highest BCUT2D eigenvalue weighted by molar-refractivity contribution is 7.15. The molecule has 7 nitrogen and oxygen atoms in total. The van der Waals surface area contributed by atoms with E-state index in [1.54, 1.807) is 0 Å². The van der Waals surface area contributed by atoms with E-state index >= 15 is 0 Å². The van der Waals surface area contributed by atoms with Gasteiger partial charge in [0.05, 0.1) is 18.2 Å². The van der Waals surface area contributed by atoms with Crippen molar-refractivity contribution in [3.8, 4) is 0 Å². The Morgan fingerprint density at radius 2 is 1.95 bits per heavy atom. The van der Waals surface area contributed by atoms with Gasteiger partial charge in [0.15, 0.2) is 5.13 Å². The van der Waals surface area contributed by atoms with Crippen molar-refractivity contribution in [3.63, 3.8) is 0 Å².